The Kier molecular flexibility index (Phi) is 8.51. The Labute approximate surface area is 280 Å². The van der Waals surface area contributed by atoms with Crippen molar-refractivity contribution in [2.24, 2.45) is 5.92 Å². The Bertz CT molecular complexity index is 1990. The van der Waals surface area contributed by atoms with Crippen LogP contribution in [0.2, 0.25) is 0 Å². The van der Waals surface area contributed by atoms with E-state index in [1.807, 2.05) is 36.4 Å². The van der Waals surface area contributed by atoms with Gasteiger partial charge in [-0.3, -0.25) is 14.4 Å². The van der Waals surface area contributed by atoms with Crippen LogP contribution in [0.25, 0.3) is 21.7 Å². The number of aryl methyl sites for hydroxylation is 1. The molecule has 13 heteroatoms. The highest BCUT2D eigenvalue weighted by molar-refractivity contribution is 6.07. The van der Waals surface area contributed by atoms with Gasteiger partial charge in [-0.05, 0) is 56.2 Å². The average Bonchev–Trinajstić information content (AvgIpc) is 3.36. The molecule has 2 aromatic carbocycles. The maximum atomic E-state index is 14.4. The Morgan fingerprint density at radius 3 is 2.69 bits per heavy atom. The second kappa shape index (κ2) is 12.9. The molecule has 12 nitrogen and oxygen atoms in total. The number of carboxylic acid groups (broad SMARTS) is 1. The van der Waals surface area contributed by atoms with E-state index in [0.29, 0.717) is 29.5 Å². The summed E-state index contributed by atoms with van der Waals surface area (Å²) in [5, 5.41) is 21.7. The normalized spacial score (nSPS) is 26.0. The Morgan fingerprint density at radius 1 is 1.10 bits per heavy atom. The number of ether oxygens (including phenoxy) is 1. The number of rotatable bonds is 5. The van der Waals surface area contributed by atoms with Crippen molar-refractivity contribution in [2.45, 2.75) is 75.6 Å². The first kappa shape index (κ1) is 32.2. The third kappa shape index (κ3) is 6.32. The second-order valence-corrected chi connectivity index (χ2v) is 13.1. The summed E-state index contributed by atoms with van der Waals surface area (Å²) in [6.07, 6.45) is 6.58. The summed E-state index contributed by atoms with van der Waals surface area (Å²) in [5.41, 5.74) is -1.06. The highest BCUT2D eigenvalue weighted by Gasteiger charge is 2.61. The molecule has 3 aliphatic rings. The lowest BCUT2D eigenvalue weighted by atomic mass is 10.0. The lowest BCUT2D eigenvalue weighted by Gasteiger charge is -2.29. The van der Waals surface area contributed by atoms with Crippen LogP contribution >= 0.6 is 0 Å². The fraction of sp³-hybridized carbons (Fsp3) is 0.389. The van der Waals surface area contributed by atoms with Crippen LogP contribution in [-0.4, -0.2) is 74.1 Å². The van der Waals surface area contributed by atoms with E-state index < -0.39 is 53.2 Å². The lowest BCUT2D eigenvalue weighted by molar-refractivity contribution is -0.145. The molecule has 1 saturated heterocycles. The molecule has 1 saturated carbocycles. The number of carboxylic acids is 1. The van der Waals surface area contributed by atoms with E-state index in [9.17, 15) is 28.7 Å². The van der Waals surface area contributed by atoms with Crippen molar-refractivity contribution in [3.05, 3.63) is 78.0 Å². The van der Waals surface area contributed by atoms with Crippen LogP contribution in [0.5, 0.6) is 5.88 Å². The minimum Gasteiger partial charge on any atom is -0.479 e. The van der Waals surface area contributed by atoms with Crippen molar-refractivity contribution in [2.75, 3.05) is 6.54 Å². The van der Waals surface area contributed by atoms with Crippen LogP contribution < -0.4 is 15.4 Å². The minimum atomic E-state index is -1.47. The first-order chi connectivity index (χ1) is 23.6. The summed E-state index contributed by atoms with van der Waals surface area (Å²) in [5.74, 6) is -3.02. The highest BCUT2D eigenvalue weighted by atomic mass is 19.1. The fourth-order valence-corrected chi connectivity index (χ4v) is 7.00. The van der Waals surface area contributed by atoms with E-state index in [1.54, 1.807) is 13.0 Å². The molecule has 2 fully saturated rings. The number of hydrogen-bond donors (Lipinski definition) is 3. The molecule has 4 heterocycles. The number of nitrogens with one attached hydrogen (secondary N) is 2. The molecule has 3 N–H and O–H groups in total. The maximum Gasteiger partial charge on any atom is 0.330 e. The lowest BCUT2D eigenvalue weighted by Crippen LogP contribution is -2.56. The van der Waals surface area contributed by atoms with Crippen LogP contribution in [-0.2, 0) is 14.4 Å². The zero-order valence-corrected chi connectivity index (χ0v) is 26.9. The summed E-state index contributed by atoms with van der Waals surface area (Å²) in [7, 11) is 0. The molecule has 254 valence electrons. The number of amides is 3. The van der Waals surface area contributed by atoms with Crippen molar-refractivity contribution in [1.29, 1.82) is 0 Å². The van der Waals surface area contributed by atoms with Crippen molar-refractivity contribution in [1.82, 2.24) is 25.7 Å². The SMILES string of the molecule is Cc1cc(C(=O)NC2CCCCCC=CC3CC3(C(=O)O)NC(=O)C3CC(Oc4nc5cc(F)ccc5c5ccccc45)CN3C2=O)no1. The minimum absolute atomic E-state index is 0.0251. The molecule has 0 bridgehead atoms. The Hall–Kier alpha value is -5.33. The highest BCUT2D eigenvalue weighted by Crippen LogP contribution is 2.45. The first-order valence-electron chi connectivity index (χ1n) is 16.5. The number of carbonyl (C=O) groups excluding carboxylic acids is 3. The molecule has 49 heavy (non-hydrogen) atoms. The van der Waals surface area contributed by atoms with Gasteiger partial charge < -0.3 is 29.9 Å². The number of pyridine rings is 1. The molecule has 0 spiro atoms. The third-order valence-corrected chi connectivity index (χ3v) is 9.69. The fourth-order valence-electron chi connectivity index (χ4n) is 7.00. The number of benzene rings is 2. The molecule has 1 aliphatic carbocycles. The van der Waals surface area contributed by atoms with Crippen LogP contribution in [0.15, 0.2) is 65.2 Å². The zero-order chi connectivity index (χ0) is 34.3. The van der Waals surface area contributed by atoms with Gasteiger partial charge in [-0.2, -0.15) is 0 Å². The number of nitrogens with zero attached hydrogens (tertiary/aromatic N) is 3. The largest absolute Gasteiger partial charge is 0.479 e. The van der Waals surface area contributed by atoms with Gasteiger partial charge in [0.2, 0.25) is 17.7 Å². The van der Waals surface area contributed by atoms with Crippen LogP contribution in [0.1, 0.15) is 61.2 Å². The Morgan fingerprint density at radius 2 is 1.92 bits per heavy atom. The molecule has 4 aromatic rings. The number of halogens is 1. The number of carbonyl (C=O) groups is 4. The van der Waals surface area contributed by atoms with Gasteiger partial charge in [0.15, 0.2) is 5.69 Å². The van der Waals surface area contributed by atoms with E-state index in [4.69, 9.17) is 9.26 Å². The molecule has 3 amide bonds. The van der Waals surface area contributed by atoms with E-state index in [2.05, 4.69) is 20.8 Å². The van der Waals surface area contributed by atoms with Gasteiger partial charge in [0.05, 0.1) is 12.1 Å². The third-order valence-electron chi connectivity index (χ3n) is 9.69. The van der Waals surface area contributed by atoms with Gasteiger partial charge in [0, 0.05) is 35.2 Å². The zero-order valence-electron chi connectivity index (χ0n) is 26.9. The number of fused-ring (bicyclic) bond motifs is 5. The molecule has 2 aromatic heterocycles. The predicted molar refractivity (Wildman–Crippen MR) is 175 cm³/mol. The van der Waals surface area contributed by atoms with Crippen LogP contribution in [0.3, 0.4) is 0 Å². The summed E-state index contributed by atoms with van der Waals surface area (Å²) >= 11 is 0. The van der Waals surface area contributed by atoms with Crippen LogP contribution in [0, 0.1) is 18.7 Å². The average molecular weight is 670 g/mol. The smallest absolute Gasteiger partial charge is 0.330 e. The Balaban J connectivity index is 1.22. The molecule has 5 atom stereocenters. The molecular formula is C36H36FN5O7. The monoisotopic (exact) mass is 669 g/mol. The van der Waals surface area contributed by atoms with E-state index in [0.717, 1.165) is 30.0 Å². The van der Waals surface area contributed by atoms with Gasteiger partial charge in [0.25, 0.3) is 5.91 Å². The number of hydrogen-bond acceptors (Lipinski definition) is 8. The molecule has 2 aliphatic heterocycles. The number of aliphatic carboxylic acids is 1. The second-order valence-electron chi connectivity index (χ2n) is 13.1. The molecule has 7 rings (SSSR count). The quantitative estimate of drug-likeness (QED) is 0.206. The summed E-state index contributed by atoms with van der Waals surface area (Å²) in [4.78, 5) is 59.9. The van der Waals surface area contributed by atoms with Crippen molar-refractivity contribution >= 4 is 45.4 Å². The van der Waals surface area contributed by atoms with Gasteiger partial charge in [-0.15, -0.1) is 0 Å². The number of allylic oxidation sites excluding steroid dienone is 1. The summed E-state index contributed by atoms with van der Waals surface area (Å²) < 4.78 is 25.7. The van der Waals surface area contributed by atoms with Gasteiger partial charge in [-0.25, -0.2) is 14.2 Å². The van der Waals surface area contributed by atoms with E-state index in [1.165, 1.54) is 23.1 Å². The van der Waals surface area contributed by atoms with E-state index in [-0.39, 0.29) is 36.9 Å². The predicted octanol–water partition coefficient (Wildman–Crippen LogP) is 4.45. The van der Waals surface area contributed by atoms with Gasteiger partial charge >= 0.3 is 5.97 Å². The van der Waals surface area contributed by atoms with Crippen molar-refractivity contribution < 1.29 is 37.9 Å². The molecule has 5 unspecified atom stereocenters. The van der Waals surface area contributed by atoms with Crippen LogP contribution in [0.4, 0.5) is 4.39 Å². The standard InChI is InChI=1S/C36H36FN5O7/c1-20-15-29(41-49-20)31(43)38-27-12-6-4-2-3-5-9-21-18-36(21,35(46)47)40-32(44)30-17-23(19-42(30)34(27)45)48-33-26-11-8-7-10-24(26)25-14-13-22(37)16-28(25)39-33/h5,7-11,13-16,21,23,27,30H,2-4,6,12,17-19H2,1H3,(H,38,43)(H,40,44)(H,46,47). The topological polar surface area (TPSA) is 164 Å². The maximum absolute atomic E-state index is 14.4. The first-order valence-corrected chi connectivity index (χ1v) is 16.5. The van der Waals surface area contributed by atoms with E-state index >= 15 is 0 Å². The molecular weight excluding hydrogens is 633 g/mol. The number of aromatic nitrogens is 2. The van der Waals surface area contributed by atoms with Gasteiger partial charge in [-0.1, -0.05) is 48.3 Å². The summed E-state index contributed by atoms with van der Waals surface area (Å²) in [6, 6.07) is 11.1. The van der Waals surface area contributed by atoms with Crippen molar-refractivity contribution in [3.8, 4) is 5.88 Å². The molecule has 0 radical (unpaired) electrons. The van der Waals surface area contributed by atoms with Crippen molar-refractivity contribution in [3.63, 3.8) is 0 Å². The summed E-state index contributed by atoms with van der Waals surface area (Å²) in [6.45, 7) is 1.62. The van der Waals surface area contributed by atoms with Gasteiger partial charge in [0.1, 0.15) is 35.3 Å².